The summed E-state index contributed by atoms with van der Waals surface area (Å²) >= 11 is 6.02. The van der Waals surface area contributed by atoms with Gasteiger partial charge in [0, 0.05) is 18.9 Å². The zero-order valence-electron chi connectivity index (χ0n) is 12.9. The Morgan fingerprint density at radius 2 is 2.09 bits per heavy atom. The van der Waals surface area contributed by atoms with E-state index in [1.165, 1.54) is 0 Å². The zero-order valence-corrected chi connectivity index (χ0v) is 13.6. The number of benzene rings is 1. The molecule has 2 aromatic rings. The Morgan fingerprint density at radius 1 is 1.41 bits per heavy atom. The van der Waals surface area contributed by atoms with E-state index >= 15 is 0 Å². The smallest absolute Gasteiger partial charge is 0.193 e. The number of hydrogen-bond donors (Lipinski definition) is 2. The standard InChI is InChI=1S/C15H20ClN5O/c1-10(2)22-12-6-4-11(5-7-12)19-15(17)18-8-14-13(16)9-21(3)20-14/h4-7,9-10H,8H2,1-3H3,(H3,17,18,19). The van der Waals surface area contributed by atoms with Gasteiger partial charge in [0.25, 0.3) is 0 Å². The lowest BCUT2D eigenvalue weighted by atomic mass is 10.3. The number of aromatic nitrogens is 2. The molecular formula is C15H20ClN5O. The summed E-state index contributed by atoms with van der Waals surface area (Å²) in [7, 11) is 1.81. The highest BCUT2D eigenvalue weighted by Crippen LogP contribution is 2.17. The lowest BCUT2D eigenvalue weighted by Gasteiger charge is -2.10. The van der Waals surface area contributed by atoms with Crippen LogP contribution in [0, 0.1) is 0 Å². The molecule has 0 saturated carbocycles. The number of halogens is 1. The van der Waals surface area contributed by atoms with Gasteiger partial charge in [0.15, 0.2) is 5.96 Å². The van der Waals surface area contributed by atoms with Gasteiger partial charge in [-0.15, -0.1) is 0 Å². The largest absolute Gasteiger partial charge is 0.491 e. The van der Waals surface area contributed by atoms with E-state index in [0.29, 0.717) is 23.2 Å². The van der Waals surface area contributed by atoms with Crippen LogP contribution in [0.4, 0.5) is 5.69 Å². The third-order valence-electron chi connectivity index (χ3n) is 2.75. The summed E-state index contributed by atoms with van der Waals surface area (Å²) in [5.41, 5.74) is 7.39. The average molecular weight is 322 g/mol. The average Bonchev–Trinajstić information content (AvgIpc) is 2.76. The second-order valence-corrected chi connectivity index (χ2v) is 5.52. The zero-order chi connectivity index (χ0) is 16.1. The number of ether oxygens (including phenoxy) is 1. The molecule has 0 bridgehead atoms. The Bertz CT molecular complexity index is 648. The minimum atomic E-state index is 0.147. The molecule has 118 valence electrons. The minimum Gasteiger partial charge on any atom is -0.491 e. The van der Waals surface area contributed by atoms with Crippen molar-refractivity contribution in [1.82, 2.24) is 9.78 Å². The number of nitrogens with one attached hydrogen (secondary N) is 1. The molecule has 0 aliphatic rings. The highest BCUT2D eigenvalue weighted by atomic mass is 35.5. The van der Waals surface area contributed by atoms with Crippen molar-refractivity contribution in [3.63, 3.8) is 0 Å². The number of aliphatic imine (C=N–C) groups is 1. The van der Waals surface area contributed by atoms with Crippen molar-refractivity contribution in [3.8, 4) is 5.75 Å². The molecule has 0 unspecified atom stereocenters. The summed E-state index contributed by atoms with van der Waals surface area (Å²) in [6.07, 6.45) is 1.87. The first-order valence-electron chi connectivity index (χ1n) is 6.95. The Hall–Kier alpha value is -2.21. The third-order valence-corrected chi connectivity index (χ3v) is 3.07. The van der Waals surface area contributed by atoms with Crippen LogP contribution < -0.4 is 15.8 Å². The van der Waals surface area contributed by atoms with Crippen molar-refractivity contribution in [1.29, 1.82) is 0 Å². The molecular weight excluding hydrogens is 302 g/mol. The molecule has 6 nitrogen and oxygen atoms in total. The molecule has 0 saturated heterocycles. The number of nitrogens with zero attached hydrogens (tertiary/aromatic N) is 3. The number of nitrogens with two attached hydrogens (primary N) is 1. The molecule has 0 spiro atoms. The van der Waals surface area contributed by atoms with Gasteiger partial charge in [-0.2, -0.15) is 5.10 Å². The van der Waals surface area contributed by atoms with Gasteiger partial charge in [0.05, 0.1) is 17.7 Å². The van der Waals surface area contributed by atoms with Gasteiger partial charge in [-0.25, -0.2) is 4.99 Å². The highest BCUT2D eigenvalue weighted by molar-refractivity contribution is 6.31. The van der Waals surface area contributed by atoms with Crippen LogP contribution in [0.1, 0.15) is 19.5 Å². The molecule has 0 amide bonds. The molecule has 0 radical (unpaired) electrons. The first-order valence-corrected chi connectivity index (χ1v) is 7.33. The fourth-order valence-corrected chi connectivity index (χ4v) is 2.09. The molecule has 22 heavy (non-hydrogen) atoms. The van der Waals surface area contributed by atoms with Gasteiger partial charge < -0.3 is 15.8 Å². The minimum absolute atomic E-state index is 0.147. The van der Waals surface area contributed by atoms with Gasteiger partial charge >= 0.3 is 0 Å². The molecule has 1 heterocycles. The normalized spacial score (nSPS) is 11.8. The Morgan fingerprint density at radius 3 is 2.64 bits per heavy atom. The van der Waals surface area contributed by atoms with E-state index in [4.69, 9.17) is 22.1 Å². The fourth-order valence-electron chi connectivity index (χ4n) is 1.85. The molecule has 0 fully saturated rings. The molecule has 0 aliphatic heterocycles. The van der Waals surface area contributed by atoms with Crippen LogP contribution in [0.3, 0.4) is 0 Å². The van der Waals surface area contributed by atoms with Crippen molar-refractivity contribution in [2.24, 2.45) is 17.8 Å². The van der Waals surface area contributed by atoms with Gasteiger partial charge in [0.2, 0.25) is 0 Å². The number of aryl methyl sites for hydroxylation is 1. The van der Waals surface area contributed by atoms with Crippen LogP contribution in [0.25, 0.3) is 0 Å². The van der Waals surface area contributed by atoms with Crippen molar-refractivity contribution in [3.05, 3.63) is 41.2 Å². The topological polar surface area (TPSA) is 77.5 Å². The Balaban J connectivity index is 1.94. The van der Waals surface area contributed by atoms with E-state index in [1.54, 1.807) is 10.9 Å². The summed E-state index contributed by atoms with van der Waals surface area (Å²) in [4.78, 5) is 4.23. The first kappa shape index (κ1) is 16.2. The number of rotatable bonds is 5. The van der Waals surface area contributed by atoms with Crippen LogP contribution in [0.2, 0.25) is 5.02 Å². The van der Waals surface area contributed by atoms with Gasteiger partial charge in [-0.3, -0.25) is 4.68 Å². The predicted octanol–water partition coefficient (Wildman–Crippen LogP) is 2.79. The van der Waals surface area contributed by atoms with Crippen molar-refractivity contribution >= 4 is 23.2 Å². The summed E-state index contributed by atoms with van der Waals surface area (Å²) in [6, 6.07) is 7.53. The van der Waals surface area contributed by atoms with Crippen LogP contribution in [-0.4, -0.2) is 21.8 Å². The maximum absolute atomic E-state index is 6.02. The van der Waals surface area contributed by atoms with E-state index in [1.807, 2.05) is 45.2 Å². The molecule has 2 rings (SSSR count). The highest BCUT2D eigenvalue weighted by Gasteiger charge is 2.04. The Kier molecular flexibility index (Phi) is 5.27. The number of hydrogen-bond acceptors (Lipinski definition) is 3. The summed E-state index contributed by atoms with van der Waals surface area (Å²) in [5, 5.41) is 7.80. The van der Waals surface area contributed by atoms with Gasteiger partial charge in [-0.05, 0) is 38.1 Å². The number of guanidine groups is 1. The van der Waals surface area contributed by atoms with Crippen LogP contribution in [0.5, 0.6) is 5.75 Å². The molecule has 7 heteroatoms. The van der Waals surface area contributed by atoms with E-state index in [2.05, 4.69) is 15.4 Å². The molecule has 1 aromatic heterocycles. The Labute approximate surface area is 134 Å². The van der Waals surface area contributed by atoms with Gasteiger partial charge in [-0.1, -0.05) is 11.6 Å². The van der Waals surface area contributed by atoms with Crippen molar-refractivity contribution < 1.29 is 4.74 Å². The molecule has 0 atom stereocenters. The van der Waals surface area contributed by atoms with Gasteiger partial charge in [0.1, 0.15) is 11.4 Å². The molecule has 0 aliphatic carbocycles. The maximum Gasteiger partial charge on any atom is 0.193 e. The summed E-state index contributed by atoms with van der Waals surface area (Å²) < 4.78 is 7.22. The van der Waals surface area contributed by atoms with E-state index < -0.39 is 0 Å². The lowest BCUT2D eigenvalue weighted by Crippen LogP contribution is -2.22. The van der Waals surface area contributed by atoms with Crippen LogP contribution in [0.15, 0.2) is 35.5 Å². The van der Waals surface area contributed by atoms with E-state index in [9.17, 15) is 0 Å². The van der Waals surface area contributed by atoms with Crippen molar-refractivity contribution in [2.75, 3.05) is 5.32 Å². The number of anilines is 1. The SMILES string of the molecule is CC(C)Oc1ccc(NC(N)=NCc2nn(C)cc2Cl)cc1. The lowest BCUT2D eigenvalue weighted by molar-refractivity contribution is 0.242. The second-order valence-electron chi connectivity index (χ2n) is 5.11. The summed E-state index contributed by atoms with van der Waals surface area (Å²) in [6.45, 7) is 4.30. The van der Waals surface area contributed by atoms with E-state index in [-0.39, 0.29) is 6.10 Å². The van der Waals surface area contributed by atoms with Crippen LogP contribution >= 0.6 is 11.6 Å². The van der Waals surface area contributed by atoms with E-state index in [0.717, 1.165) is 11.4 Å². The third kappa shape index (κ3) is 4.66. The molecule has 3 N–H and O–H groups in total. The second kappa shape index (κ2) is 7.17. The summed E-state index contributed by atoms with van der Waals surface area (Å²) in [5.74, 6) is 1.12. The van der Waals surface area contributed by atoms with Crippen molar-refractivity contribution in [2.45, 2.75) is 26.5 Å². The predicted molar refractivity (Wildman–Crippen MR) is 89.4 cm³/mol. The first-order chi connectivity index (χ1) is 10.4. The van der Waals surface area contributed by atoms with Crippen LogP contribution in [-0.2, 0) is 13.6 Å². The molecule has 1 aromatic carbocycles. The fraction of sp³-hybridized carbons (Fsp3) is 0.333. The monoisotopic (exact) mass is 321 g/mol. The maximum atomic E-state index is 6.02. The quantitative estimate of drug-likeness (QED) is 0.655.